The number of anilines is 2. The van der Waals surface area contributed by atoms with Gasteiger partial charge in [0.25, 0.3) is 5.91 Å². The fraction of sp³-hybridized carbons (Fsp3) is 0.360. The zero-order chi connectivity index (χ0) is 24.6. The van der Waals surface area contributed by atoms with Crippen LogP contribution in [0.25, 0.3) is 11.1 Å². The van der Waals surface area contributed by atoms with Crippen LogP contribution in [0.2, 0.25) is 0 Å². The molecule has 2 aromatic heterocycles. The van der Waals surface area contributed by atoms with Crippen LogP contribution < -0.4 is 10.2 Å². The number of benzene rings is 1. The number of halogens is 4. The molecule has 1 aliphatic carbocycles. The van der Waals surface area contributed by atoms with E-state index in [0.29, 0.717) is 11.6 Å². The number of carbonyl (C=O) groups is 1. The lowest BCUT2D eigenvalue weighted by Crippen LogP contribution is -2.38. The predicted molar refractivity (Wildman–Crippen MR) is 123 cm³/mol. The van der Waals surface area contributed by atoms with Gasteiger partial charge in [-0.1, -0.05) is 0 Å². The number of pyridine rings is 1. The lowest BCUT2D eigenvalue weighted by Gasteiger charge is -2.30. The summed E-state index contributed by atoms with van der Waals surface area (Å²) in [6.45, 7) is 1.74. The van der Waals surface area contributed by atoms with Gasteiger partial charge in [0, 0.05) is 49.2 Å². The lowest BCUT2D eigenvalue weighted by atomic mass is 9.81. The van der Waals surface area contributed by atoms with Crippen LogP contribution >= 0.6 is 0 Å². The monoisotopic (exact) mass is 485 g/mol. The molecular formula is C25H23F4N5O. The van der Waals surface area contributed by atoms with Crippen LogP contribution in [0.1, 0.15) is 54.1 Å². The minimum absolute atomic E-state index is 0.0269. The Morgan fingerprint density at radius 3 is 2.37 bits per heavy atom. The Labute approximate surface area is 199 Å². The Bertz CT molecular complexity index is 1240. The van der Waals surface area contributed by atoms with Gasteiger partial charge < -0.3 is 10.2 Å². The molecule has 1 aliphatic heterocycles. The number of aromatic nitrogens is 3. The molecular weight excluding hydrogens is 462 g/mol. The van der Waals surface area contributed by atoms with Crippen molar-refractivity contribution >= 4 is 17.5 Å². The zero-order valence-corrected chi connectivity index (χ0v) is 18.8. The van der Waals surface area contributed by atoms with Gasteiger partial charge in [-0.15, -0.1) is 0 Å². The highest BCUT2D eigenvalue weighted by Crippen LogP contribution is 2.42. The number of rotatable bonds is 5. The van der Waals surface area contributed by atoms with E-state index < -0.39 is 29.4 Å². The van der Waals surface area contributed by atoms with Gasteiger partial charge in [-0.05, 0) is 43.5 Å². The molecule has 35 heavy (non-hydrogen) atoms. The van der Waals surface area contributed by atoms with Crippen LogP contribution in [0.3, 0.4) is 0 Å². The molecule has 0 bridgehead atoms. The third kappa shape index (κ3) is 4.82. The normalized spacial score (nSPS) is 17.7. The maximum absolute atomic E-state index is 14.7. The van der Waals surface area contributed by atoms with Gasteiger partial charge in [0.1, 0.15) is 11.6 Å². The molecule has 0 radical (unpaired) electrons. The average molecular weight is 485 g/mol. The van der Waals surface area contributed by atoms with Crippen molar-refractivity contribution in [2.24, 2.45) is 0 Å². The van der Waals surface area contributed by atoms with Gasteiger partial charge in [-0.25, -0.2) is 27.5 Å². The van der Waals surface area contributed by atoms with E-state index in [2.05, 4.69) is 20.3 Å². The summed E-state index contributed by atoms with van der Waals surface area (Å²) in [7, 11) is 0. The molecule has 6 nitrogen and oxygen atoms in total. The van der Waals surface area contributed by atoms with E-state index in [1.165, 1.54) is 24.7 Å². The average Bonchev–Trinajstić information content (AvgIpc) is 2.80. The molecule has 3 heterocycles. The van der Waals surface area contributed by atoms with Crippen molar-refractivity contribution in [1.29, 1.82) is 0 Å². The molecule has 182 valence electrons. The number of alkyl halides is 2. The van der Waals surface area contributed by atoms with Crippen molar-refractivity contribution < 1.29 is 22.4 Å². The van der Waals surface area contributed by atoms with Crippen LogP contribution in [0, 0.1) is 11.6 Å². The number of hydrogen-bond donors (Lipinski definition) is 1. The van der Waals surface area contributed by atoms with Crippen LogP contribution in [0.5, 0.6) is 0 Å². The summed E-state index contributed by atoms with van der Waals surface area (Å²) >= 11 is 0. The Balaban J connectivity index is 1.52. The first-order valence-corrected chi connectivity index (χ1v) is 11.5. The summed E-state index contributed by atoms with van der Waals surface area (Å²) in [5.74, 6) is -4.63. The van der Waals surface area contributed by atoms with Crippen molar-refractivity contribution in [3.05, 3.63) is 65.7 Å². The molecule has 0 unspecified atom stereocenters. The van der Waals surface area contributed by atoms with E-state index >= 15 is 0 Å². The van der Waals surface area contributed by atoms with Gasteiger partial charge in [0.05, 0.1) is 29.3 Å². The number of hydrogen-bond acceptors (Lipinski definition) is 5. The van der Waals surface area contributed by atoms with E-state index in [1.807, 2.05) is 4.90 Å². The first kappa shape index (κ1) is 23.2. The third-order valence-corrected chi connectivity index (χ3v) is 6.56. The summed E-state index contributed by atoms with van der Waals surface area (Å²) in [4.78, 5) is 28.4. The van der Waals surface area contributed by atoms with Crippen molar-refractivity contribution in [2.45, 2.75) is 43.9 Å². The fourth-order valence-electron chi connectivity index (χ4n) is 4.53. The predicted octanol–water partition coefficient (Wildman–Crippen LogP) is 5.57. The minimum atomic E-state index is -2.76. The molecule has 1 saturated carbocycles. The fourth-order valence-corrected chi connectivity index (χ4v) is 4.53. The number of nitrogens with one attached hydrogen (secondary N) is 1. The summed E-state index contributed by atoms with van der Waals surface area (Å²) in [6, 6.07) is 4.40. The quantitative estimate of drug-likeness (QED) is 0.479. The van der Waals surface area contributed by atoms with E-state index in [9.17, 15) is 22.4 Å². The minimum Gasteiger partial charge on any atom is -0.341 e. The highest BCUT2D eigenvalue weighted by atomic mass is 19.3. The van der Waals surface area contributed by atoms with Gasteiger partial charge in [-0.2, -0.15) is 0 Å². The number of amides is 1. The van der Waals surface area contributed by atoms with Gasteiger partial charge in [0.2, 0.25) is 11.9 Å². The van der Waals surface area contributed by atoms with Crippen molar-refractivity contribution in [3.8, 4) is 11.1 Å². The van der Waals surface area contributed by atoms with Crippen LogP contribution in [-0.4, -0.2) is 39.9 Å². The largest absolute Gasteiger partial charge is 0.341 e. The number of carbonyl (C=O) groups excluding carboxylic acids is 1. The van der Waals surface area contributed by atoms with Crippen LogP contribution in [0.15, 0.2) is 42.9 Å². The molecule has 0 spiro atoms. The van der Waals surface area contributed by atoms with Crippen molar-refractivity contribution in [2.75, 3.05) is 23.3 Å². The molecule has 2 fully saturated rings. The van der Waals surface area contributed by atoms with Gasteiger partial charge >= 0.3 is 0 Å². The topological polar surface area (TPSA) is 71.0 Å². The highest BCUT2D eigenvalue weighted by molar-refractivity contribution is 6.09. The van der Waals surface area contributed by atoms with Gasteiger partial charge in [0.15, 0.2) is 0 Å². The maximum atomic E-state index is 14.7. The van der Waals surface area contributed by atoms with Gasteiger partial charge in [-0.3, -0.25) is 9.78 Å². The maximum Gasteiger partial charge on any atom is 0.258 e. The Hall–Kier alpha value is -3.56. The van der Waals surface area contributed by atoms with E-state index in [1.54, 1.807) is 0 Å². The smallest absolute Gasteiger partial charge is 0.258 e. The summed E-state index contributed by atoms with van der Waals surface area (Å²) < 4.78 is 56.3. The second-order valence-corrected chi connectivity index (χ2v) is 8.94. The molecule has 1 amide bonds. The third-order valence-electron chi connectivity index (χ3n) is 6.56. The molecule has 2 aliphatic rings. The molecule has 1 N–H and O–H groups in total. The molecule has 5 rings (SSSR count). The molecule has 1 aromatic carbocycles. The van der Waals surface area contributed by atoms with E-state index in [-0.39, 0.29) is 48.1 Å². The second-order valence-electron chi connectivity index (χ2n) is 8.94. The summed E-state index contributed by atoms with van der Waals surface area (Å²) in [5.41, 5.74) is 0.663. The Morgan fingerprint density at radius 2 is 1.71 bits per heavy atom. The first-order chi connectivity index (χ1) is 16.8. The first-order valence-electron chi connectivity index (χ1n) is 11.5. The Kier molecular flexibility index (Phi) is 6.12. The molecule has 0 atom stereocenters. The SMILES string of the molecule is O=C(Nc1cnc(N2CCC2)nc1)c1c(-c2cc(F)ccc2F)ccnc1C1CCC(F)(F)CC1. The van der Waals surface area contributed by atoms with Crippen LogP contribution in [0.4, 0.5) is 29.2 Å². The summed E-state index contributed by atoms with van der Waals surface area (Å²) in [6.07, 6.45) is 5.00. The second kappa shape index (κ2) is 9.24. The number of nitrogens with zero attached hydrogens (tertiary/aromatic N) is 4. The van der Waals surface area contributed by atoms with Crippen molar-refractivity contribution in [1.82, 2.24) is 15.0 Å². The van der Waals surface area contributed by atoms with E-state index in [4.69, 9.17) is 0 Å². The molecule has 1 saturated heterocycles. The lowest BCUT2D eigenvalue weighted by molar-refractivity contribution is -0.0385. The van der Waals surface area contributed by atoms with Crippen molar-refractivity contribution in [3.63, 3.8) is 0 Å². The molecule has 3 aromatic rings. The zero-order valence-electron chi connectivity index (χ0n) is 18.8. The van der Waals surface area contributed by atoms with E-state index in [0.717, 1.165) is 37.7 Å². The highest BCUT2D eigenvalue weighted by Gasteiger charge is 2.37. The van der Waals surface area contributed by atoms with Crippen LogP contribution in [-0.2, 0) is 0 Å². The molecule has 10 heteroatoms. The summed E-state index contributed by atoms with van der Waals surface area (Å²) in [5, 5.41) is 2.71. The standard InChI is InChI=1S/C25H23F4N5O/c26-16-2-3-20(27)19(12-16)18-6-9-30-22(15-4-7-25(28,29)8-5-15)21(18)23(35)33-17-13-31-24(32-14-17)34-10-1-11-34/h2-3,6,9,12-15H,1,4-5,7-8,10-11H2,(H,33,35). The Morgan fingerprint density at radius 1 is 1.00 bits per heavy atom.